The van der Waals surface area contributed by atoms with E-state index in [9.17, 15) is 9.59 Å². The van der Waals surface area contributed by atoms with Crippen molar-refractivity contribution in [2.24, 2.45) is 0 Å². The van der Waals surface area contributed by atoms with E-state index in [2.05, 4.69) is 15.6 Å². The van der Waals surface area contributed by atoms with Crippen LogP contribution in [-0.4, -0.2) is 29.4 Å². The Kier molecular flexibility index (Phi) is 5.53. The number of carbonyl (C=O) groups excluding carboxylic acids is 2. The average molecular weight is 413 g/mol. The van der Waals surface area contributed by atoms with Gasteiger partial charge in [-0.1, -0.05) is 0 Å². The summed E-state index contributed by atoms with van der Waals surface area (Å²) in [6.07, 6.45) is 2.45. The van der Waals surface area contributed by atoms with Crippen molar-refractivity contribution in [3.8, 4) is 5.75 Å². The number of thiazole rings is 1. The van der Waals surface area contributed by atoms with Crippen molar-refractivity contribution < 1.29 is 18.7 Å². The van der Waals surface area contributed by atoms with Crippen molar-refractivity contribution in [2.45, 2.75) is 45.8 Å². The van der Waals surface area contributed by atoms with Crippen LogP contribution in [0.25, 0.3) is 11.0 Å². The molecule has 0 saturated carbocycles. The molecule has 0 spiro atoms. The molecule has 0 aliphatic carbocycles. The van der Waals surface area contributed by atoms with Crippen molar-refractivity contribution in [3.63, 3.8) is 0 Å². The summed E-state index contributed by atoms with van der Waals surface area (Å²) in [5.74, 6) is 0.721. The molecule has 1 aliphatic rings. The number of nitrogens with zero attached hydrogens (tertiary/aromatic N) is 1. The minimum absolute atomic E-state index is 0.134. The summed E-state index contributed by atoms with van der Waals surface area (Å²) in [4.78, 5) is 30.4. The normalized spacial score (nSPS) is 17.0. The molecule has 2 aromatic heterocycles. The lowest BCUT2D eigenvalue weighted by molar-refractivity contribution is -0.122. The van der Waals surface area contributed by atoms with Crippen molar-refractivity contribution in [3.05, 3.63) is 45.6 Å². The molecule has 4 rings (SSSR count). The molecule has 8 heteroatoms. The van der Waals surface area contributed by atoms with Crippen LogP contribution in [0.2, 0.25) is 0 Å². The summed E-state index contributed by atoms with van der Waals surface area (Å²) in [5.41, 5.74) is 3.80. The number of carbonyl (C=O) groups is 2. The van der Waals surface area contributed by atoms with E-state index in [0.717, 1.165) is 23.4 Å². The SMILES string of the molecule is Cc1ncsc1COc1ccc2oc(C)c(C(=O)NC3CCCCNC3=O)c2c1. The van der Waals surface area contributed by atoms with E-state index < -0.39 is 6.04 Å². The second-order valence-electron chi connectivity index (χ2n) is 7.15. The number of amides is 2. The summed E-state index contributed by atoms with van der Waals surface area (Å²) >= 11 is 1.55. The summed E-state index contributed by atoms with van der Waals surface area (Å²) < 4.78 is 11.7. The van der Waals surface area contributed by atoms with Crippen LogP contribution in [-0.2, 0) is 11.4 Å². The minimum Gasteiger partial charge on any atom is -0.488 e. The quantitative estimate of drug-likeness (QED) is 0.668. The molecule has 1 aromatic carbocycles. The molecule has 1 atom stereocenters. The Labute approximate surface area is 172 Å². The van der Waals surface area contributed by atoms with Gasteiger partial charge in [0.05, 0.1) is 21.6 Å². The maximum Gasteiger partial charge on any atom is 0.256 e. The summed E-state index contributed by atoms with van der Waals surface area (Å²) in [5, 5.41) is 6.38. The van der Waals surface area contributed by atoms with Crippen LogP contribution in [0.15, 0.2) is 28.1 Å². The topological polar surface area (TPSA) is 93.5 Å². The Morgan fingerprint density at radius 3 is 3.03 bits per heavy atom. The third-order valence-corrected chi connectivity index (χ3v) is 6.03. The molecule has 3 heterocycles. The lowest BCUT2D eigenvalue weighted by Gasteiger charge is -2.15. The molecule has 2 N–H and O–H groups in total. The van der Waals surface area contributed by atoms with Gasteiger partial charge in [-0.05, 0) is 51.3 Å². The van der Waals surface area contributed by atoms with Gasteiger partial charge in [-0.25, -0.2) is 4.98 Å². The number of fused-ring (bicyclic) bond motifs is 1. The van der Waals surface area contributed by atoms with Gasteiger partial charge in [0.15, 0.2) is 0 Å². The number of aromatic nitrogens is 1. The number of benzene rings is 1. The van der Waals surface area contributed by atoms with Crippen LogP contribution in [0.1, 0.15) is 46.0 Å². The molecule has 1 aliphatic heterocycles. The van der Waals surface area contributed by atoms with Gasteiger partial charge in [0.1, 0.15) is 29.7 Å². The van der Waals surface area contributed by atoms with Gasteiger partial charge in [-0.15, -0.1) is 11.3 Å². The lowest BCUT2D eigenvalue weighted by atomic mass is 10.1. The van der Waals surface area contributed by atoms with Crippen LogP contribution >= 0.6 is 11.3 Å². The molecule has 152 valence electrons. The predicted octanol–water partition coefficient (Wildman–Crippen LogP) is 3.48. The molecule has 29 heavy (non-hydrogen) atoms. The third kappa shape index (κ3) is 4.12. The van der Waals surface area contributed by atoms with Crippen molar-refractivity contribution in [1.29, 1.82) is 0 Å². The highest BCUT2D eigenvalue weighted by Gasteiger charge is 2.26. The largest absolute Gasteiger partial charge is 0.488 e. The van der Waals surface area contributed by atoms with Gasteiger partial charge in [-0.2, -0.15) is 0 Å². The Bertz CT molecular complexity index is 1060. The number of furan rings is 1. The van der Waals surface area contributed by atoms with Crippen LogP contribution < -0.4 is 15.4 Å². The van der Waals surface area contributed by atoms with E-state index in [1.807, 2.05) is 19.1 Å². The van der Waals surface area contributed by atoms with E-state index >= 15 is 0 Å². The average Bonchev–Trinajstić information content (AvgIpc) is 3.19. The van der Waals surface area contributed by atoms with Crippen LogP contribution in [0.3, 0.4) is 0 Å². The van der Waals surface area contributed by atoms with Crippen molar-refractivity contribution in [2.75, 3.05) is 6.54 Å². The fourth-order valence-electron chi connectivity index (χ4n) is 3.49. The van der Waals surface area contributed by atoms with Gasteiger partial charge >= 0.3 is 0 Å². The molecular formula is C21H23N3O4S. The Balaban J connectivity index is 1.56. The summed E-state index contributed by atoms with van der Waals surface area (Å²) in [6, 6.07) is 4.90. The first kappa shape index (κ1) is 19.4. The van der Waals surface area contributed by atoms with Gasteiger partial charge < -0.3 is 19.8 Å². The molecule has 7 nitrogen and oxygen atoms in total. The highest BCUT2D eigenvalue weighted by atomic mass is 32.1. The second kappa shape index (κ2) is 8.24. The highest BCUT2D eigenvalue weighted by molar-refractivity contribution is 7.09. The highest BCUT2D eigenvalue weighted by Crippen LogP contribution is 2.30. The van der Waals surface area contributed by atoms with E-state index in [1.165, 1.54) is 0 Å². The number of aryl methyl sites for hydroxylation is 2. The van der Waals surface area contributed by atoms with Gasteiger partial charge in [0, 0.05) is 11.9 Å². The van der Waals surface area contributed by atoms with Gasteiger partial charge in [-0.3, -0.25) is 9.59 Å². The van der Waals surface area contributed by atoms with Crippen LogP contribution in [0.5, 0.6) is 5.75 Å². The molecule has 1 unspecified atom stereocenters. The van der Waals surface area contributed by atoms with Crippen molar-refractivity contribution in [1.82, 2.24) is 15.6 Å². The molecule has 3 aromatic rings. The second-order valence-corrected chi connectivity index (χ2v) is 8.09. The summed E-state index contributed by atoms with van der Waals surface area (Å²) in [7, 11) is 0. The van der Waals surface area contributed by atoms with E-state index in [0.29, 0.717) is 47.6 Å². The number of hydrogen-bond donors (Lipinski definition) is 2. The first-order valence-corrected chi connectivity index (χ1v) is 10.5. The molecule has 0 radical (unpaired) electrons. The minimum atomic E-state index is -0.525. The lowest BCUT2D eigenvalue weighted by Crippen LogP contribution is -2.45. The fraction of sp³-hybridized carbons (Fsp3) is 0.381. The zero-order valence-corrected chi connectivity index (χ0v) is 17.2. The summed E-state index contributed by atoms with van der Waals surface area (Å²) in [6.45, 7) is 4.77. The Morgan fingerprint density at radius 1 is 1.38 bits per heavy atom. The third-order valence-electron chi connectivity index (χ3n) is 5.12. The Morgan fingerprint density at radius 2 is 2.24 bits per heavy atom. The first-order chi connectivity index (χ1) is 14.0. The maximum absolute atomic E-state index is 13.0. The van der Waals surface area contributed by atoms with Crippen LogP contribution in [0, 0.1) is 13.8 Å². The maximum atomic E-state index is 13.0. The van der Waals surface area contributed by atoms with Crippen molar-refractivity contribution >= 4 is 34.1 Å². The molecule has 1 fully saturated rings. The van der Waals surface area contributed by atoms with E-state index in [-0.39, 0.29) is 11.8 Å². The standard InChI is InChI=1S/C21H23N3O4S/c1-12-18(29-11-23-12)10-27-14-6-7-17-15(9-14)19(13(2)28-17)21(26)24-16-5-3-4-8-22-20(16)25/h6-7,9,11,16H,3-5,8,10H2,1-2H3,(H,22,25)(H,24,26). The monoisotopic (exact) mass is 413 g/mol. The molecule has 0 bridgehead atoms. The van der Waals surface area contributed by atoms with Crippen LogP contribution in [0.4, 0.5) is 0 Å². The number of hydrogen-bond acceptors (Lipinski definition) is 6. The zero-order chi connectivity index (χ0) is 20.4. The van der Waals surface area contributed by atoms with Gasteiger partial charge in [0.25, 0.3) is 5.91 Å². The van der Waals surface area contributed by atoms with E-state index in [1.54, 1.807) is 29.8 Å². The first-order valence-electron chi connectivity index (χ1n) is 9.66. The number of nitrogens with one attached hydrogen (secondary N) is 2. The fourth-order valence-corrected chi connectivity index (χ4v) is 4.18. The predicted molar refractivity (Wildman–Crippen MR) is 110 cm³/mol. The zero-order valence-electron chi connectivity index (χ0n) is 16.4. The molecule has 2 amide bonds. The van der Waals surface area contributed by atoms with E-state index in [4.69, 9.17) is 9.15 Å². The smallest absolute Gasteiger partial charge is 0.256 e. The van der Waals surface area contributed by atoms with Gasteiger partial charge in [0.2, 0.25) is 5.91 Å². The molecular weight excluding hydrogens is 390 g/mol. The Hall–Kier alpha value is -2.87. The number of rotatable bonds is 5. The molecule has 1 saturated heterocycles. The number of ether oxygens (including phenoxy) is 1.